The lowest BCUT2D eigenvalue weighted by atomic mass is 10.0. The monoisotopic (exact) mass is 487 g/mol. The summed E-state index contributed by atoms with van der Waals surface area (Å²) in [5.41, 5.74) is 11.5. The number of nitrogens with two attached hydrogens (primary N) is 2. The van der Waals surface area contributed by atoms with Gasteiger partial charge in [0.1, 0.15) is 18.1 Å². The van der Waals surface area contributed by atoms with Crippen LogP contribution in [-0.2, 0) is 19.2 Å². The van der Waals surface area contributed by atoms with Crippen molar-refractivity contribution < 1.29 is 24.3 Å². The van der Waals surface area contributed by atoms with E-state index in [0.717, 1.165) is 0 Å². The van der Waals surface area contributed by atoms with Crippen LogP contribution in [0, 0.1) is 5.92 Å². The molecule has 0 aromatic carbocycles. The van der Waals surface area contributed by atoms with Gasteiger partial charge in [-0.25, -0.2) is 4.79 Å². The quantitative estimate of drug-likeness (QED) is 0.205. The molecule has 0 aliphatic carbocycles. The molecule has 0 bridgehead atoms. The summed E-state index contributed by atoms with van der Waals surface area (Å²) in [5.74, 6) is -1.45. The van der Waals surface area contributed by atoms with Crippen molar-refractivity contribution in [3.8, 4) is 0 Å². The van der Waals surface area contributed by atoms with Crippen LogP contribution in [0.1, 0.15) is 58.8 Å². The Kier molecular flexibility index (Phi) is 13.4. The summed E-state index contributed by atoms with van der Waals surface area (Å²) < 4.78 is 0. The molecule has 4 atom stereocenters. The minimum atomic E-state index is -1.04. The van der Waals surface area contributed by atoms with Crippen LogP contribution in [0.4, 0.5) is 0 Å². The summed E-state index contributed by atoms with van der Waals surface area (Å²) in [4.78, 5) is 51.7. The number of likely N-dealkylation sites (tertiary alicyclic amines) is 1. The molecule has 1 aliphatic heterocycles. The number of nitrogens with one attached hydrogen (secondary N) is 2. The van der Waals surface area contributed by atoms with Crippen molar-refractivity contribution in [1.82, 2.24) is 15.5 Å². The van der Waals surface area contributed by atoms with E-state index in [4.69, 9.17) is 11.5 Å². The zero-order valence-corrected chi connectivity index (χ0v) is 20.9. The fraction of sp³-hybridized carbons (Fsp3) is 0.818. The van der Waals surface area contributed by atoms with Gasteiger partial charge in [0.25, 0.3) is 0 Å². The third-order valence-corrected chi connectivity index (χ3v) is 6.33. The number of aliphatic carboxylic acids is 1. The van der Waals surface area contributed by atoms with Crippen LogP contribution < -0.4 is 22.1 Å². The van der Waals surface area contributed by atoms with E-state index in [1.165, 1.54) is 4.90 Å². The number of carboxylic acid groups (broad SMARTS) is 1. The maximum atomic E-state index is 13.2. The molecule has 0 saturated carbocycles. The van der Waals surface area contributed by atoms with Crippen LogP contribution in [-0.4, -0.2) is 83.0 Å². The zero-order valence-electron chi connectivity index (χ0n) is 20.0. The molecule has 7 N–H and O–H groups in total. The first-order valence-electron chi connectivity index (χ1n) is 11.7. The minimum Gasteiger partial charge on any atom is -0.480 e. The maximum absolute atomic E-state index is 13.2. The molecule has 0 radical (unpaired) electrons. The molecule has 0 aromatic heterocycles. The highest BCUT2D eigenvalue weighted by atomic mass is 32.2. The number of amides is 3. The Hall–Kier alpha value is -1.85. The first-order valence-corrected chi connectivity index (χ1v) is 13.1. The van der Waals surface area contributed by atoms with Gasteiger partial charge < -0.3 is 32.1 Å². The Morgan fingerprint density at radius 1 is 1.09 bits per heavy atom. The molecule has 1 saturated heterocycles. The molecule has 10 nitrogen and oxygen atoms in total. The number of rotatable bonds is 15. The van der Waals surface area contributed by atoms with Crippen LogP contribution in [0.5, 0.6) is 0 Å². The Balaban J connectivity index is 2.95. The molecular formula is C22H41N5O5S. The van der Waals surface area contributed by atoms with Gasteiger partial charge in [0.15, 0.2) is 0 Å². The summed E-state index contributed by atoms with van der Waals surface area (Å²) in [6.07, 6.45) is 5.42. The van der Waals surface area contributed by atoms with Crippen molar-refractivity contribution >= 4 is 35.5 Å². The van der Waals surface area contributed by atoms with Crippen LogP contribution in [0.3, 0.4) is 0 Å². The molecule has 11 heteroatoms. The first-order chi connectivity index (χ1) is 15.6. The molecule has 1 rings (SSSR count). The SMILES string of the molecule is CSCCC(NC(=O)C(N)CC(C)C)C(=O)NC(CCCCN)C(=O)N1CCCC1C(=O)O. The van der Waals surface area contributed by atoms with Gasteiger partial charge in [0.2, 0.25) is 17.7 Å². The van der Waals surface area contributed by atoms with Gasteiger partial charge in [-0.15, -0.1) is 0 Å². The lowest BCUT2D eigenvalue weighted by Gasteiger charge is -2.29. The van der Waals surface area contributed by atoms with Gasteiger partial charge >= 0.3 is 5.97 Å². The molecule has 0 aromatic rings. The smallest absolute Gasteiger partial charge is 0.326 e. The number of nitrogens with zero attached hydrogens (tertiary/aromatic N) is 1. The van der Waals surface area contributed by atoms with Crippen molar-refractivity contribution in [1.29, 1.82) is 0 Å². The number of carbonyl (C=O) groups excluding carboxylic acids is 3. The number of carboxylic acids is 1. The maximum Gasteiger partial charge on any atom is 0.326 e. The number of thioether (sulfide) groups is 1. The lowest BCUT2D eigenvalue weighted by Crippen LogP contribution is -2.57. The van der Waals surface area contributed by atoms with Crippen molar-refractivity contribution in [2.75, 3.05) is 25.1 Å². The largest absolute Gasteiger partial charge is 0.480 e. The molecule has 190 valence electrons. The third-order valence-electron chi connectivity index (χ3n) is 5.69. The van der Waals surface area contributed by atoms with Crippen LogP contribution in [0.2, 0.25) is 0 Å². The van der Waals surface area contributed by atoms with Gasteiger partial charge in [-0.3, -0.25) is 14.4 Å². The topological polar surface area (TPSA) is 168 Å². The lowest BCUT2D eigenvalue weighted by molar-refractivity contribution is -0.149. The molecule has 4 unspecified atom stereocenters. The summed E-state index contributed by atoms with van der Waals surface area (Å²) in [6.45, 7) is 4.73. The van der Waals surface area contributed by atoms with Gasteiger partial charge in [0, 0.05) is 6.54 Å². The van der Waals surface area contributed by atoms with Crippen molar-refractivity contribution in [2.24, 2.45) is 17.4 Å². The van der Waals surface area contributed by atoms with E-state index in [1.54, 1.807) is 11.8 Å². The van der Waals surface area contributed by atoms with E-state index in [1.807, 2.05) is 20.1 Å². The van der Waals surface area contributed by atoms with Crippen molar-refractivity contribution in [3.05, 3.63) is 0 Å². The van der Waals surface area contributed by atoms with E-state index >= 15 is 0 Å². The van der Waals surface area contributed by atoms with E-state index in [-0.39, 0.29) is 5.92 Å². The third kappa shape index (κ3) is 9.89. The van der Waals surface area contributed by atoms with Crippen LogP contribution in [0.15, 0.2) is 0 Å². The van der Waals surface area contributed by atoms with E-state index in [9.17, 15) is 24.3 Å². The second kappa shape index (κ2) is 15.1. The fourth-order valence-corrected chi connectivity index (χ4v) is 4.38. The number of hydrogen-bond donors (Lipinski definition) is 5. The van der Waals surface area contributed by atoms with Crippen LogP contribution in [0.25, 0.3) is 0 Å². The Bertz CT molecular complexity index is 663. The number of unbranched alkanes of at least 4 members (excludes halogenated alkanes) is 1. The predicted octanol–water partition coefficient (Wildman–Crippen LogP) is 0.287. The molecule has 33 heavy (non-hydrogen) atoms. The van der Waals surface area contributed by atoms with Gasteiger partial charge in [-0.05, 0) is 69.4 Å². The predicted molar refractivity (Wildman–Crippen MR) is 130 cm³/mol. The fourth-order valence-electron chi connectivity index (χ4n) is 3.91. The first kappa shape index (κ1) is 29.2. The highest BCUT2D eigenvalue weighted by Gasteiger charge is 2.38. The average molecular weight is 488 g/mol. The highest BCUT2D eigenvalue weighted by Crippen LogP contribution is 2.20. The normalized spacial score (nSPS) is 18.6. The summed E-state index contributed by atoms with van der Waals surface area (Å²) in [6, 6.07) is -3.31. The van der Waals surface area contributed by atoms with E-state index in [2.05, 4.69) is 10.6 Å². The van der Waals surface area contributed by atoms with Gasteiger partial charge in [0.05, 0.1) is 6.04 Å². The molecule has 0 spiro atoms. The van der Waals surface area contributed by atoms with Crippen molar-refractivity contribution in [2.45, 2.75) is 83.0 Å². The van der Waals surface area contributed by atoms with E-state index in [0.29, 0.717) is 63.8 Å². The number of carbonyl (C=O) groups is 4. The molecule has 1 heterocycles. The summed E-state index contributed by atoms with van der Waals surface area (Å²) >= 11 is 1.54. The summed E-state index contributed by atoms with van der Waals surface area (Å²) in [7, 11) is 0. The minimum absolute atomic E-state index is 0.233. The molecule has 1 fully saturated rings. The molecule has 3 amide bonds. The Labute approximate surface area is 200 Å². The van der Waals surface area contributed by atoms with Gasteiger partial charge in [-0.2, -0.15) is 11.8 Å². The van der Waals surface area contributed by atoms with Gasteiger partial charge in [-0.1, -0.05) is 13.8 Å². The second-order valence-corrected chi connectivity index (χ2v) is 9.94. The molecule has 1 aliphatic rings. The summed E-state index contributed by atoms with van der Waals surface area (Å²) in [5, 5.41) is 15.0. The standard InChI is InChI=1S/C22H41N5O5S/c1-14(2)13-15(24)19(28)25-16(9-12-33-3)20(29)26-17(7-4-5-10-23)21(30)27-11-6-8-18(27)22(31)32/h14-18H,4-13,23-24H2,1-3H3,(H,25,28)(H,26,29)(H,31,32). The van der Waals surface area contributed by atoms with Crippen LogP contribution >= 0.6 is 11.8 Å². The zero-order chi connectivity index (χ0) is 25.0. The second-order valence-electron chi connectivity index (χ2n) is 8.95. The number of hydrogen-bond acceptors (Lipinski definition) is 7. The van der Waals surface area contributed by atoms with Crippen molar-refractivity contribution in [3.63, 3.8) is 0 Å². The highest BCUT2D eigenvalue weighted by molar-refractivity contribution is 7.98. The Morgan fingerprint density at radius 2 is 1.76 bits per heavy atom. The Morgan fingerprint density at radius 3 is 2.33 bits per heavy atom. The molecular weight excluding hydrogens is 446 g/mol. The van der Waals surface area contributed by atoms with E-state index < -0.39 is 47.9 Å². The average Bonchev–Trinajstić information content (AvgIpc) is 3.25.